The van der Waals surface area contributed by atoms with Gasteiger partial charge in [-0.25, -0.2) is 9.59 Å². The van der Waals surface area contributed by atoms with E-state index in [2.05, 4.69) is 92.6 Å². The van der Waals surface area contributed by atoms with Gasteiger partial charge in [0.1, 0.15) is 65.0 Å². The van der Waals surface area contributed by atoms with Crippen LogP contribution in [0.1, 0.15) is 77.6 Å². The lowest BCUT2D eigenvalue weighted by Gasteiger charge is -2.05. The third-order valence-corrected chi connectivity index (χ3v) is 10.4. The number of aromatic hydroxyl groups is 5. The van der Waals surface area contributed by atoms with Gasteiger partial charge in [0, 0.05) is 64.7 Å². The van der Waals surface area contributed by atoms with Crippen molar-refractivity contribution in [3.63, 3.8) is 0 Å². The molecule has 0 fully saturated rings. The number of alkyl halides is 1. The number of benzene rings is 2. The molecule has 0 aliphatic carbocycles. The standard InChI is InChI=1S/C13H13NO.C12H10BrNO.2C7H7NO3.C6H7NO.C5H4BrNO.3C5H5NO.4C2H6.CH3Br/c1-11-7-13(9-14-8-11)15-10-12-5-3-2-4-6-12;13-11-6-12(8-14-7-11)15-9-10-4-2-1-3-5-10;2*9-7(10)5-11-6-2-1-3-8-4-6;1-5-2-6(8)4-7-3-5;6-4-1-5(8)3-7-2-4;3*7-5-2-1-3-6-4-5;5*1-2/h2-9H,10H2,1H3;1-8H,9H2;2*1-4H,5H2,(H,9,10);2-4,8H,1H3;1-3,8H;3*1-4,7H;4*1-2H3;1H3. The summed E-state index contributed by atoms with van der Waals surface area (Å²) in [7, 11) is 0. The second-order valence-electron chi connectivity index (χ2n) is 17.0. The molecule has 0 aliphatic rings. The summed E-state index contributed by atoms with van der Waals surface area (Å²) in [4.78, 5) is 54.0. The van der Waals surface area contributed by atoms with E-state index in [0.717, 1.165) is 37.1 Å². The minimum atomic E-state index is -0.992. The van der Waals surface area contributed by atoms with Crippen molar-refractivity contribution in [2.75, 3.05) is 19.0 Å². The van der Waals surface area contributed by atoms with Gasteiger partial charge in [0.25, 0.3) is 0 Å². The summed E-state index contributed by atoms with van der Waals surface area (Å²) >= 11 is 9.42. The molecule has 11 rings (SSSR count). The number of aliphatic carboxylic acids is 2. The number of pyridine rings is 9. The second kappa shape index (κ2) is 66.0. The van der Waals surface area contributed by atoms with Gasteiger partial charge in [-0.2, -0.15) is 0 Å². The molecule has 0 saturated heterocycles. The lowest BCUT2D eigenvalue weighted by molar-refractivity contribution is -0.140. The first-order valence-corrected chi connectivity index (χ1v) is 33.6. The summed E-state index contributed by atoms with van der Waals surface area (Å²) in [6.07, 6.45) is 28.2. The van der Waals surface area contributed by atoms with Gasteiger partial charge < -0.3 is 54.7 Å². The van der Waals surface area contributed by atoms with Gasteiger partial charge in [-0.15, -0.1) is 0 Å². The first-order chi connectivity index (χ1) is 48.0. The van der Waals surface area contributed by atoms with Crippen LogP contribution in [0.25, 0.3) is 0 Å². The zero-order chi connectivity index (χ0) is 74.5. The fourth-order valence-corrected chi connectivity index (χ4v) is 6.41. The number of aryl methyl sites for hydroxylation is 2. The summed E-state index contributed by atoms with van der Waals surface area (Å²) in [6.45, 7) is 20.4. The average Bonchev–Trinajstić information content (AvgIpc) is 1.45. The maximum Gasteiger partial charge on any atom is 0.341 e. The Balaban J connectivity index is -0.00000104. The topological polar surface area (TPSA) is 329 Å². The SMILES string of the molecule is Brc1cncc(OCc2ccccc2)c1.CBr.CC.CC.CC.CC.Cc1cncc(O)c1.Cc1cncc(OCc2ccccc2)c1.O=C(O)COc1cccnc1.O=C(O)COc1cccnc1.Oc1cccnc1.Oc1cccnc1.Oc1cccnc1.Oc1cncc(Br)c1. The average molecular weight is 1550 g/mol. The molecule has 11 aromatic rings. The molecule has 7 N–H and O–H groups in total. The Hall–Kier alpha value is -10.6. The van der Waals surface area contributed by atoms with Crippen LogP contribution in [-0.4, -0.2) is 112 Å². The summed E-state index contributed by atoms with van der Waals surface area (Å²) in [5.41, 5.74) is 4.40. The number of hydrogen-bond donors (Lipinski definition) is 7. The van der Waals surface area contributed by atoms with Gasteiger partial charge in [-0.3, -0.25) is 44.9 Å². The van der Waals surface area contributed by atoms with Gasteiger partial charge in [-0.1, -0.05) is 132 Å². The van der Waals surface area contributed by atoms with Crippen molar-refractivity contribution < 1.29 is 64.3 Å². The molecule has 0 aliphatic heterocycles. The number of rotatable bonds is 12. The molecule has 2 aromatic carbocycles. The molecule has 0 spiro atoms. The Morgan fingerprint density at radius 3 is 0.869 bits per heavy atom. The number of halogens is 3. The van der Waals surface area contributed by atoms with Crippen molar-refractivity contribution in [1.82, 2.24) is 44.9 Å². The van der Waals surface area contributed by atoms with Gasteiger partial charge in [0.15, 0.2) is 13.2 Å². The van der Waals surface area contributed by atoms with E-state index in [1.807, 2.05) is 154 Å². The third kappa shape index (κ3) is 57.4. The maximum atomic E-state index is 10.0. The Morgan fingerprint density at radius 2 is 0.616 bits per heavy atom. The van der Waals surface area contributed by atoms with Crippen molar-refractivity contribution in [2.24, 2.45) is 0 Å². The molecule has 0 atom stereocenters. The zero-order valence-electron chi connectivity index (χ0n) is 57.3. The minimum absolute atomic E-state index is 0.180. The lowest BCUT2D eigenvalue weighted by Crippen LogP contribution is -2.09. The van der Waals surface area contributed by atoms with E-state index in [1.54, 1.807) is 135 Å². The largest absolute Gasteiger partial charge is 0.506 e. The molecule has 0 bridgehead atoms. The van der Waals surface area contributed by atoms with Crippen LogP contribution >= 0.6 is 47.8 Å². The highest BCUT2D eigenvalue weighted by Gasteiger charge is 2.00. The number of carboxylic acid groups (broad SMARTS) is 2. The molecule has 99 heavy (non-hydrogen) atoms. The number of carbonyl (C=O) groups is 2. The van der Waals surface area contributed by atoms with Crippen LogP contribution in [0.3, 0.4) is 0 Å². The van der Waals surface area contributed by atoms with Crippen LogP contribution in [0.5, 0.6) is 51.7 Å². The Labute approximate surface area is 606 Å². The maximum absolute atomic E-state index is 10.0. The van der Waals surface area contributed by atoms with Crippen LogP contribution in [0.2, 0.25) is 0 Å². The normalized spacial score (nSPS) is 8.63. The number of hydrogen-bond acceptors (Lipinski definition) is 20. The molecule has 0 saturated carbocycles. The summed E-state index contributed by atoms with van der Waals surface area (Å²) in [5.74, 6) is 3.39. The lowest BCUT2D eigenvalue weighted by atomic mass is 10.2. The van der Waals surface area contributed by atoms with E-state index >= 15 is 0 Å². The van der Waals surface area contributed by atoms with Gasteiger partial charge in [0.05, 0.1) is 55.8 Å². The number of carboxylic acids is 2. The molecule has 0 amide bonds. The van der Waals surface area contributed by atoms with Crippen LogP contribution in [-0.2, 0) is 22.8 Å². The zero-order valence-corrected chi connectivity index (χ0v) is 62.1. The fourth-order valence-electron chi connectivity index (χ4n) is 5.72. The number of nitrogens with zero attached hydrogens (tertiary/aromatic N) is 9. The quantitative estimate of drug-likeness (QED) is 0.0559. The van der Waals surface area contributed by atoms with Crippen LogP contribution in [0.4, 0.5) is 0 Å². The smallest absolute Gasteiger partial charge is 0.341 e. The molecule has 25 heteroatoms. The molecule has 0 radical (unpaired) electrons. The predicted octanol–water partition coefficient (Wildman–Crippen LogP) is 17.6. The molecule has 22 nitrogen and oxygen atoms in total. The van der Waals surface area contributed by atoms with E-state index in [4.69, 9.17) is 54.7 Å². The van der Waals surface area contributed by atoms with Crippen molar-refractivity contribution in [3.05, 3.63) is 288 Å². The summed E-state index contributed by atoms with van der Waals surface area (Å²) < 4.78 is 22.5. The van der Waals surface area contributed by atoms with Crippen molar-refractivity contribution in [3.8, 4) is 51.7 Å². The van der Waals surface area contributed by atoms with Gasteiger partial charge >= 0.3 is 11.9 Å². The summed E-state index contributed by atoms with van der Waals surface area (Å²) in [6, 6.07) is 43.7. The molecular weight excluding hydrogens is 1460 g/mol. The van der Waals surface area contributed by atoms with E-state index in [9.17, 15) is 9.59 Å². The van der Waals surface area contributed by atoms with Crippen LogP contribution in [0, 0.1) is 13.8 Å². The second-order valence-corrected chi connectivity index (χ2v) is 18.9. The Kier molecular flexibility index (Phi) is 61.7. The molecule has 530 valence electrons. The van der Waals surface area contributed by atoms with Crippen molar-refractivity contribution in [2.45, 2.75) is 82.5 Å². The molecule has 9 aromatic heterocycles. The van der Waals surface area contributed by atoms with Crippen molar-refractivity contribution in [1.29, 1.82) is 0 Å². The highest BCUT2D eigenvalue weighted by atomic mass is 79.9. The Morgan fingerprint density at radius 1 is 0.323 bits per heavy atom. The molecule has 0 unspecified atom stereocenters. The Bertz CT molecular complexity index is 3300. The van der Waals surface area contributed by atoms with Gasteiger partial charge in [0.2, 0.25) is 0 Å². The monoisotopic (exact) mass is 1550 g/mol. The molecular formula is C74H90Br3N9O13. The van der Waals surface area contributed by atoms with Crippen LogP contribution < -0.4 is 18.9 Å². The van der Waals surface area contributed by atoms with Crippen molar-refractivity contribution >= 4 is 59.7 Å². The number of aromatic nitrogens is 9. The van der Waals surface area contributed by atoms with Crippen LogP contribution in [0.15, 0.2) is 266 Å². The third-order valence-electron chi connectivity index (χ3n) is 9.51. The highest BCUT2D eigenvalue weighted by molar-refractivity contribution is 9.10. The van der Waals surface area contributed by atoms with Gasteiger partial charge in [-0.05, 0) is 159 Å². The minimum Gasteiger partial charge on any atom is -0.506 e. The first-order valence-electron chi connectivity index (χ1n) is 30.4. The van der Waals surface area contributed by atoms with E-state index in [1.165, 1.54) is 48.9 Å². The fraction of sp³-hybridized carbons (Fsp3) is 0.203. The molecule has 9 heterocycles. The van der Waals surface area contributed by atoms with E-state index in [-0.39, 0.29) is 42.0 Å². The predicted molar refractivity (Wildman–Crippen MR) is 399 cm³/mol. The summed E-state index contributed by atoms with van der Waals surface area (Å²) in [5, 5.41) is 59.6. The van der Waals surface area contributed by atoms with E-state index in [0.29, 0.717) is 24.7 Å². The number of ether oxygens (including phenoxy) is 4. The highest BCUT2D eigenvalue weighted by Crippen LogP contribution is 2.18. The first kappa shape index (κ1) is 92.6. The van der Waals surface area contributed by atoms with E-state index < -0.39 is 11.9 Å².